The molecule has 16 nitrogen and oxygen atoms in total. The molecule has 0 radical (unpaired) electrons. The summed E-state index contributed by atoms with van der Waals surface area (Å²) < 4.78 is 13.6. The second-order valence-electron chi connectivity index (χ2n) is 13.5. The van der Waals surface area contributed by atoms with Crippen LogP contribution in [0.2, 0.25) is 0 Å². The standard InChI is InChI=1S/C38H49N9O7/c1-6-24(2)35-37(51)41-25(3)36-42-31(20-26-14-15-29(53-4)30(19-26)54-5)44-47(36)21-33(49)39-16-10-18-45(17-9-13-32(48)43-35)34(50)22-46-23-40-28-12-8-7-11-27(28)38(46)52/h7-8,11-12,14-15,19,23-25,35H,6,9-10,13,16-18,20-22H2,1-5H3,(H,39,49)(H,41,51)(H,43,48)/t24-,25+,35-/m0/s1. The molecule has 16 heteroatoms. The van der Waals surface area contributed by atoms with Gasteiger partial charge in [-0.2, -0.15) is 5.10 Å². The number of carbonyl (C=O) groups excluding carboxylic acids is 4. The van der Waals surface area contributed by atoms with E-state index in [9.17, 15) is 24.0 Å². The summed E-state index contributed by atoms with van der Waals surface area (Å²) in [7, 11) is 3.11. The van der Waals surface area contributed by atoms with Gasteiger partial charge in [-0.15, -0.1) is 0 Å². The van der Waals surface area contributed by atoms with Gasteiger partial charge in [0.05, 0.1) is 37.5 Å². The molecule has 0 aliphatic carbocycles. The normalized spacial score (nSPS) is 18.4. The molecule has 0 saturated heterocycles. The van der Waals surface area contributed by atoms with Crippen LogP contribution in [0, 0.1) is 5.92 Å². The number of amides is 4. The van der Waals surface area contributed by atoms with E-state index in [1.165, 1.54) is 15.6 Å². The average molecular weight is 744 g/mol. The Hall–Kier alpha value is -5.80. The highest BCUT2D eigenvalue weighted by Crippen LogP contribution is 2.28. The van der Waals surface area contributed by atoms with Crippen LogP contribution in [0.5, 0.6) is 11.5 Å². The fourth-order valence-corrected chi connectivity index (χ4v) is 6.35. The molecular formula is C38H49N9O7. The minimum Gasteiger partial charge on any atom is -0.493 e. The quantitative estimate of drug-likeness (QED) is 0.241. The molecule has 4 aromatic rings. The van der Waals surface area contributed by atoms with Gasteiger partial charge >= 0.3 is 0 Å². The van der Waals surface area contributed by atoms with Gasteiger partial charge in [-0.25, -0.2) is 14.6 Å². The molecule has 2 aromatic heterocycles. The molecule has 288 valence electrons. The maximum atomic E-state index is 13.7. The van der Waals surface area contributed by atoms with Crippen LogP contribution in [0.1, 0.15) is 69.7 Å². The SMILES string of the molecule is CC[C@H](C)[C@@H]1NC(=O)CCCN(C(=O)Cn2cnc3ccccc3c2=O)CCCNC(=O)Cn2nc(Cc3ccc(OC)c(OC)c3)nc2[C@@H](C)NC1=O. The number of benzene rings is 2. The molecule has 0 unspecified atom stereocenters. The van der Waals surface area contributed by atoms with Crippen LogP contribution in [0.3, 0.4) is 0 Å². The van der Waals surface area contributed by atoms with Crippen molar-refractivity contribution < 1.29 is 28.7 Å². The third-order valence-electron chi connectivity index (χ3n) is 9.55. The Kier molecular flexibility index (Phi) is 13.4. The molecule has 3 atom stereocenters. The number of nitrogens with one attached hydrogen (secondary N) is 3. The summed E-state index contributed by atoms with van der Waals surface area (Å²) in [5, 5.41) is 13.8. The smallest absolute Gasteiger partial charge is 0.261 e. The molecule has 1 aliphatic heterocycles. The first-order valence-corrected chi connectivity index (χ1v) is 18.2. The van der Waals surface area contributed by atoms with Crippen molar-refractivity contribution in [2.45, 2.75) is 78.0 Å². The number of ether oxygens (including phenoxy) is 2. The van der Waals surface area contributed by atoms with Crippen LogP contribution in [-0.4, -0.2) is 92.7 Å². The van der Waals surface area contributed by atoms with Gasteiger partial charge in [-0.05, 0) is 55.5 Å². The number of methoxy groups -OCH3 is 2. The van der Waals surface area contributed by atoms with Gasteiger partial charge < -0.3 is 30.3 Å². The van der Waals surface area contributed by atoms with Crippen LogP contribution in [0.4, 0.5) is 0 Å². The van der Waals surface area contributed by atoms with E-state index in [4.69, 9.17) is 14.5 Å². The summed E-state index contributed by atoms with van der Waals surface area (Å²) in [6, 6.07) is 10.9. The van der Waals surface area contributed by atoms with Crippen molar-refractivity contribution in [2.24, 2.45) is 5.92 Å². The van der Waals surface area contributed by atoms with Crippen molar-refractivity contribution >= 4 is 34.5 Å². The van der Waals surface area contributed by atoms with E-state index in [2.05, 4.69) is 26.0 Å². The van der Waals surface area contributed by atoms with Crippen LogP contribution in [-0.2, 0) is 38.7 Å². The van der Waals surface area contributed by atoms with Crippen molar-refractivity contribution in [1.29, 1.82) is 0 Å². The summed E-state index contributed by atoms with van der Waals surface area (Å²) in [5.41, 5.74) is 1.06. The Morgan fingerprint density at radius 2 is 1.74 bits per heavy atom. The Morgan fingerprint density at radius 1 is 0.981 bits per heavy atom. The summed E-state index contributed by atoms with van der Waals surface area (Å²) >= 11 is 0. The van der Waals surface area contributed by atoms with Crippen molar-refractivity contribution in [3.8, 4) is 11.5 Å². The van der Waals surface area contributed by atoms with Crippen molar-refractivity contribution in [2.75, 3.05) is 33.9 Å². The van der Waals surface area contributed by atoms with Gasteiger partial charge in [0.15, 0.2) is 17.3 Å². The lowest BCUT2D eigenvalue weighted by atomic mass is 9.97. The highest BCUT2D eigenvalue weighted by molar-refractivity contribution is 5.88. The fraction of sp³-hybridized carbons (Fsp3) is 0.474. The van der Waals surface area contributed by atoms with Gasteiger partial charge in [-0.3, -0.25) is 28.5 Å². The summed E-state index contributed by atoms with van der Waals surface area (Å²) in [6.07, 6.45) is 3.12. The highest BCUT2D eigenvalue weighted by Gasteiger charge is 2.29. The summed E-state index contributed by atoms with van der Waals surface area (Å²) in [6.45, 7) is 5.95. The molecule has 0 fully saturated rings. The molecule has 0 saturated carbocycles. The largest absolute Gasteiger partial charge is 0.493 e. The fourth-order valence-electron chi connectivity index (χ4n) is 6.35. The van der Waals surface area contributed by atoms with Crippen LogP contribution >= 0.6 is 0 Å². The van der Waals surface area contributed by atoms with Gasteiger partial charge in [-0.1, -0.05) is 38.5 Å². The number of nitrogens with zero attached hydrogens (tertiary/aromatic N) is 6. The maximum Gasteiger partial charge on any atom is 0.261 e. The Labute approximate surface area is 313 Å². The Balaban J connectivity index is 1.37. The lowest BCUT2D eigenvalue weighted by Gasteiger charge is -2.26. The maximum absolute atomic E-state index is 13.7. The minimum absolute atomic E-state index is 0.0710. The molecular weight excluding hydrogens is 694 g/mol. The van der Waals surface area contributed by atoms with Crippen molar-refractivity contribution in [3.63, 3.8) is 0 Å². The lowest BCUT2D eigenvalue weighted by molar-refractivity contribution is -0.133. The van der Waals surface area contributed by atoms with E-state index in [-0.39, 0.29) is 68.3 Å². The number of para-hydroxylation sites is 1. The zero-order chi connectivity index (χ0) is 38.8. The topological polar surface area (TPSA) is 192 Å². The van der Waals surface area contributed by atoms with Gasteiger partial charge in [0, 0.05) is 32.5 Å². The van der Waals surface area contributed by atoms with Crippen LogP contribution < -0.4 is 31.0 Å². The van der Waals surface area contributed by atoms with Crippen LogP contribution in [0.25, 0.3) is 10.9 Å². The molecule has 3 N–H and O–H groups in total. The molecule has 0 bridgehead atoms. The van der Waals surface area contributed by atoms with Crippen molar-refractivity contribution in [1.82, 2.24) is 45.2 Å². The number of fused-ring (bicyclic) bond motifs is 2. The number of carbonyl (C=O) groups is 4. The Morgan fingerprint density at radius 3 is 2.50 bits per heavy atom. The average Bonchev–Trinajstić information content (AvgIpc) is 3.56. The molecule has 0 spiro atoms. The molecule has 3 heterocycles. The number of hydrogen-bond acceptors (Lipinski definition) is 10. The molecule has 2 aromatic carbocycles. The van der Waals surface area contributed by atoms with E-state index in [0.29, 0.717) is 59.7 Å². The predicted molar refractivity (Wildman–Crippen MR) is 200 cm³/mol. The van der Waals surface area contributed by atoms with E-state index in [1.54, 1.807) is 56.4 Å². The first-order valence-electron chi connectivity index (χ1n) is 18.2. The zero-order valence-corrected chi connectivity index (χ0v) is 31.5. The Bertz CT molecular complexity index is 2030. The first kappa shape index (κ1) is 39.4. The second kappa shape index (κ2) is 18.3. The number of rotatable bonds is 8. The van der Waals surface area contributed by atoms with Crippen LogP contribution in [0.15, 0.2) is 53.6 Å². The van der Waals surface area contributed by atoms with E-state index < -0.39 is 18.0 Å². The van der Waals surface area contributed by atoms with E-state index in [1.807, 2.05) is 26.0 Å². The third kappa shape index (κ3) is 9.79. The minimum atomic E-state index is -0.834. The summed E-state index contributed by atoms with van der Waals surface area (Å²) in [4.78, 5) is 77.5. The highest BCUT2D eigenvalue weighted by atomic mass is 16.5. The van der Waals surface area contributed by atoms with E-state index in [0.717, 1.165) is 5.56 Å². The molecule has 54 heavy (non-hydrogen) atoms. The van der Waals surface area contributed by atoms with Gasteiger partial charge in [0.1, 0.15) is 25.0 Å². The predicted octanol–water partition coefficient (Wildman–Crippen LogP) is 2.13. The summed E-state index contributed by atoms with van der Waals surface area (Å²) in [5.74, 6) is 0.386. The number of hydrogen-bond donors (Lipinski definition) is 3. The van der Waals surface area contributed by atoms with Gasteiger partial charge in [0.2, 0.25) is 23.6 Å². The number of aromatic nitrogens is 5. The molecule has 5 rings (SSSR count). The molecule has 4 amide bonds. The third-order valence-corrected chi connectivity index (χ3v) is 9.55. The second-order valence-corrected chi connectivity index (χ2v) is 13.5. The van der Waals surface area contributed by atoms with Crippen molar-refractivity contribution in [3.05, 3.63) is 76.4 Å². The van der Waals surface area contributed by atoms with E-state index >= 15 is 0 Å². The molecule has 1 aliphatic rings. The lowest BCUT2D eigenvalue weighted by Crippen LogP contribution is -2.51. The zero-order valence-electron chi connectivity index (χ0n) is 31.5. The monoisotopic (exact) mass is 743 g/mol. The van der Waals surface area contributed by atoms with Gasteiger partial charge in [0.25, 0.3) is 5.56 Å². The first-order chi connectivity index (χ1) is 26.0.